The van der Waals surface area contributed by atoms with E-state index >= 15 is 0 Å². The van der Waals surface area contributed by atoms with Crippen molar-refractivity contribution in [3.8, 4) is 0 Å². The number of alkyl halides is 3. The molecule has 5 atom stereocenters. The van der Waals surface area contributed by atoms with E-state index in [1.54, 1.807) is 19.1 Å². The molecule has 1 saturated heterocycles. The number of rotatable bonds is 14. The summed E-state index contributed by atoms with van der Waals surface area (Å²) in [6.45, 7) is 9.88. The van der Waals surface area contributed by atoms with Gasteiger partial charge in [0.1, 0.15) is 23.4 Å². The lowest BCUT2D eigenvalue weighted by Gasteiger charge is -2.40. The molecular formula is C39H50F4N6O5. The topological polar surface area (TPSA) is 145 Å². The monoisotopic (exact) mass is 758 g/mol. The Morgan fingerprint density at radius 1 is 0.926 bits per heavy atom. The second kappa shape index (κ2) is 17.3. The number of morpholine rings is 1. The van der Waals surface area contributed by atoms with Gasteiger partial charge in [-0.05, 0) is 47.9 Å². The third kappa shape index (κ3) is 9.23. The number of ether oxygens (including phenoxy) is 1. The Bertz CT molecular complexity index is 1830. The number of benzene rings is 2. The number of carbonyl (C=O) groups is 4. The molecule has 0 bridgehead atoms. The van der Waals surface area contributed by atoms with Crippen LogP contribution in [0.4, 0.5) is 17.6 Å². The Morgan fingerprint density at radius 3 is 2.24 bits per heavy atom. The number of H-pyrrole nitrogens is 1. The molecule has 1 fully saturated rings. The third-order valence-corrected chi connectivity index (χ3v) is 10.9. The van der Waals surface area contributed by atoms with Gasteiger partial charge >= 0.3 is 6.18 Å². The van der Waals surface area contributed by atoms with Crippen LogP contribution >= 0.6 is 0 Å². The van der Waals surface area contributed by atoms with E-state index in [0.717, 1.165) is 6.07 Å². The summed E-state index contributed by atoms with van der Waals surface area (Å²) in [5.74, 6) is -3.68. The molecule has 11 nitrogen and oxygen atoms in total. The summed E-state index contributed by atoms with van der Waals surface area (Å²) in [6.07, 6.45) is -4.05. The van der Waals surface area contributed by atoms with Gasteiger partial charge in [0.05, 0.1) is 37.4 Å². The van der Waals surface area contributed by atoms with E-state index in [1.165, 1.54) is 24.3 Å². The third-order valence-electron chi connectivity index (χ3n) is 10.9. The van der Waals surface area contributed by atoms with Crippen LogP contribution in [0.3, 0.4) is 0 Å². The molecule has 4 amide bonds. The molecular weight excluding hydrogens is 708 g/mol. The lowest BCUT2D eigenvalue weighted by molar-refractivity contribution is -0.139. The minimum absolute atomic E-state index is 0.00916. The standard InChI is InChI=1S/C39H50F4N6O5/c1-5-23(3)32(35(51)44-22-49-16-18-54-19-17-49)47-37(53)38(15-14-30-27(21-38)26-11-9-12-28(34(26)45-30)39(41,42)43)48-36(52)33(24(4)6-2)46-31(50)20-25-10-7-8-13-29(25)40/h7-13,23-24,32-33,45H,5-6,14-22H2,1-4H3,(H,44,51)(H,46,50)(H,47,53)(H,48,52)/t23-,24?,32?,33-,38+/m0/s1. The molecule has 2 aliphatic rings. The van der Waals surface area contributed by atoms with Crippen LogP contribution < -0.4 is 21.3 Å². The van der Waals surface area contributed by atoms with Crippen molar-refractivity contribution in [2.75, 3.05) is 33.0 Å². The van der Waals surface area contributed by atoms with Gasteiger partial charge < -0.3 is 31.0 Å². The van der Waals surface area contributed by atoms with E-state index in [0.29, 0.717) is 50.4 Å². The molecule has 2 aromatic carbocycles. The number of nitrogens with zero attached hydrogens (tertiary/aromatic N) is 1. The first-order chi connectivity index (χ1) is 25.7. The number of hydrogen-bond acceptors (Lipinski definition) is 6. The first kappa shape index (κ1) is 40.7. The molecule has 0 saturated carbocycles. The molecule has 294 valence electrons. The number of aryl methyl sites for hydroxylation is 1. The fraction of sp³-hybridized carbons (Fsp3) is 0.538. The van der Waals surface area contributed by atoms with Crippen molar-refractivity contribution >= 4 is 34.5 Å². The summed E-state index contributed by atoms with van der Waals surface area (Å²) in [5, 5.41) is 11.8. The minimum atomic E-state index is -4.64. The van der Waals surface area contributed by atoms with Crippen LogP contribution in [0, 0.1) is 17.7 Å². The highest BCUT2D eigenvalue weighted by atomic mass is 19.4. The lowest BCUT2D eigenvalue weighted by Crippen LogP contribution is -2.67. The Kier molecular flexibility index (Phi) is 13.0. The summed E-state index contributed by atoms with van der Waals surface area (Å²) in [5.41, 5.74) is -1.58. The first-order valence-corrected chi connectivity index (χ1v) is 18.6. The highest BCUT2D eigenvalue weighted by Gasteiger charge is 2.47. The Balaban J connectivity index is 1.47. The van der Waals surface area contributed by atoms with Crippen molar-refractivity contribution in [2.45, 2.75) is 90.0 Å². The van der Waals surface area contributed by atoms with Crippen molar-refractivity contribution in [1.82, 2.24) is 31.2 Å². The quantitative estimate of drug-likeness (QED) is 0.155. The van der Waals surface area contributed by atoms with Crippen molar-refractivity contribution in [1.29, 1.82) is 0 Å². The van der Waals surface area contributed by atoms with Gasteiger partial charge in [-0.3, -0.25) is 24.1 Å². The van der Waals surface area contributed by atoms with Gasteiger partial charge in [-0.2, -0.15) is 13.2 Å². The van der Waals surface area contributed by atoms with E-state index in [1.807, 2.05) is 25.7 Å². The fourth-order valence-corrected chi connectivity index (χ4v) is 7.16. The van der Waals surface area contributed by atoms with Crippen LogP contribution in [0.5, 0.6) is 0 Å². The second-order valence-corrected chi connectivity index (χ2v) is 14.5. The van der Waals surface area contributed by atoms with Crippen LogP contribution in [0.25, 0.3) is 10.9 Å². The number of hydrogen-bond donors (Lipinski definition) is 5. The van der Waals surface area contributed by atoms with Gasteiger partial charge in [0.15, 0.2) is 0 Å². The normalized spacial score (nSPS) is 19.9. The number of carbonyl (C=O) groups excluding carboxylic acids is 4. The molecule has 1 aliphatic carbocycles. The summed E-state index contributed by atoms with van der Waals surface area (Å²) in [4.78, 5) is 60.9. The molecule has 2 heterocycles. The second-order valence-electron chi connectivity index (χ2n) is 14.5. The van der Waals surface area contributed by atoms with Crippen molar-refractivity contribution < 1.29 is 41.5 Å². The number of halogens is 4. The summed E-state index contributed by atoms with van der Waals surface area (Å²) >= 11 is 0. The molecule has 1 aliphatic heterocycles. The first-order valence-electron chi connectivity index (χ1n) is 18.6. The average Bonchev–Trinajstić information content (AvgIpc) is 3.52. The van der Waals surface area contributed by atoms with E-state index in [2.05, 4.69) is 26.3 Å². The van der Waals surface area contributed by atoms with Gasteiger partial charge in [0.2, 0.25) is 23.6 Å². The minimum Gasteiger partial charge on any atom is -0.379 e. The zero-order valence-electron chi connectivity index (χ0n) is 31.1. The number of para-hydroxylation sites is 1. The zero-order valence-corrected chi connectivity index (χ0v) is 31.1. The molecule has 5 N–H and O–H groups in total. The van der Waals surface area contributed by atoms with Crippen molar-refractivity contribution in [3.05, 3.63) is 70.7 Å². The number of amides is 4. The molecule has 5 rings (SSSR count). The number of aromatic amines is 1. The molecule has 2 unspecified atom stereocenters. The van der Waals surface area contributed by atoms with Gasteiger partial charge in [-0.15, -0.1) is 0 Å². The van der Waals surface area contributed by atoms with Gasteiger partial charge in [0.25, 0.3) is 0 Å². The number of nitrogens with one attached hydrogen (secondary N) is 5. The van der Waals surface area contributed by atoms with Crippen LogP contribution in [0.1, 0.15) is 69.3 Å². The molecule has 1 aromatic heterocycles. The predicted octanol–water partition coefficient (Wildman–Crippen LogP) is 4.38. The number of fused-ring (bicyclic) bond motifs is 3. The van der Waals surface area contributed by atoms with Gasteiger partial charge in [-0.1, -0.05) is 70.9 Å². The van der Waals surface area contributed by atoms with E-state index in [4.69, 9.17) is 4.74 Å². The Hall–Kier alpha value is -4.50. The molecule has 0 radical (unpaired) electrons. The molecule has 0 spiro atoms. The summed E-state index contributed by atoms with van der Waals surface area (Å²) < 4.78 is 62.0. The maximum atomic E-state index is 14.7. The molecule has 54 heavy (non-hydrogen) atoms. The van der Waals surface area contributed by atoms with Crippen LogP contribution in [-0.2, 0) is 49.4 Å². The predicted molar refractivity (Wildman–Crippen MR) is 194 cm³/mol. The summed E-state index contributed by atoms with van der Waals surface area (Å²) in [6, 6.07) is 7.51. The van der Waals surface area contributed by atoms with Crippen molar-refractivity contribution in [2.24, 2.45) is 11.8 Å². The Labute approximate surface area is 312 Å². The van der Waals surface area contributed by atoms with Gasteiger partial charge in [-0.25, -0.2) is 4.39 Å². The smallest absolute Gasteiger partial charge is 0.379 e. The zero-order chi connectivity index (χ0) is 39.2. The summed E-state index contributed by atoms with van der Waals surface area (Å²) in [7, 11) is 0. The van der Waals surface area contributed by atoms with Gasteiger partial charge in [0, 0.05) is 30.6 Å². The highest BCUT2D eigenvalue weighted by molar-refractivity contribution is 5.98. The maximum absolute atomic E-state index is 14.7. The van der Waals surface area contributed by atoms with Crippen LogP contribution in [-0.4, -0.2) is 84.1 Å². The maximum Gasteiger partial charge on any atom is 0.418 e. The largest absolute Gasteiger partial charge is 0.418 e. The number of aromatic nitrogens is 1. The molecule has 3 aromatic rings. The van der Waals surface area contributed by atoms with E-state index in [-0.39, 0.29) is 54.7 Å². The SMILES string of the molecule is CCC(C)[C@H](NC(=O)Cc1ccccc1F)C(=O)N[C@]1(C(=O)NC(C(=O)NCN2CCOCC2)[C@@H](C)CC)CCc2[nH]c3c(C(F)(F)F)cccc3c2C1. The van der Waals surface area contributed by atoms with Crippen LogP contribution in [0.15, 0.2) is 42.5 Å². The average molecular weight is 759 g/mol. The van der Waals surface area contributed by atoms with Crippen molar-refractivity contribution in [3.63, 3.8) is 0 Å². The molecule has 15 heteroatoms. The lowest BCUT2D eigenvalue weighted by atomic mass is 9.78. The van der Waals surface area contributed by atoms with E-state index < -0.39 is 64.7 Å². The highest BCUT2D eigenvalue weighted by Crippen LogP contribution is 2.40. The Morgan fingerprint density at radius 2 is 1.59 bits per heavy atom. The van der Waals surface area contributed by atoms with E-state index in [9.17, 15) is 36.7 Å². The fourth-order valence-electron chi connectivity index (χ4n) is 7.16. The van der Waals surface area contributed by atoms with Crippen LogP contribution in [0.2, 0.25) is 0 Å².